The highest BCUT2D eigenvalue weighted by Gasteiger charge is 2.25. The standard InChI is InChI=1S/C19H27FN4O2/c20-17(19(25)23-26)10-15-6-7-18(21-11-15)22-16-8-9-24(13-16)12-14-4-2-1-3-5-14/h6-7,10-11,14,16,26H,1-5,8-9,12-13H2,(H,21,22)(H,23,25)/b17-10+/t16-/m1/s1. The third kappa shape index (κ3) is 5.25. The molecule has 3 rings (SSSR count). The maximum absolute atomic E-state index is 13.4. The molecule has 1 aliphatic heterocycles. The van der Waals surface area contributed by atoms with Crippen LogP contribution in [0, 0.1) is 5.92 Å². The smallest absolute Gasteiger partial charge is 0.303 e. The van der Waals surface area contributed by atoms with Crippen LogP contribution >= 0.6 is 0 Å². The van der Waals surface area contributed by atoms with E-state index in [0.717, 1.165) is 37.3 Å². The van der Waals surface area contributed by atoms with Crippen LogP contribution in [0.15, 0.2) is 24.2 Å². The largest absolute Gasteiger partial charge is 0.366 e. The molecule has 1 aromatic heterocycles. The molecule has 0 spiro atoms. The van der Waals surface area contributed by atoms with Gasteiger partial charge in [0.25, 0.3) is 0 Å². The fourth-order valence-electron chi connectivity index (χ4n) is 3.90. The molecule has 1 saturated heterocycles. The lowest BCUT2D eigenvalue weighted by molar-refractivity contribution is -0.126. The van der Waals surface area contributed by atoms with Crippen LogP contribution < -0.4 is 10.8 Å². The number of amides is 1. The Morgan fingerprint density at radius 3 is 2.81 bits per heavy atom. The Kier molecular flexibility index (Phi) is 6.57. The molecule has 2 aliphatic rings. The third-order valence-corrected chi connectivity index (χ3v) is 5.26. The Hall–Kier alpha value is -1.99. The summed E-state index contributed by atoms with van der Waals surface area (Å²) in [6.07, 6.45) is 10.5. The molecule has 142 valence electrons. The number of aromatic nitrogens is 1. The number of likely N-dealkylation sites (tertiary alicyclic amines) is 1. The van der Waals surface area contributed by atoms with Gasteiger partial charge in [0, 0.05) is 31.9 Å². The topological polar surface area (TPSA) is 77.5 Å². The van der Waals surface area contributed by atoms with Crippen molar-refractivity contribution >= 4 is 17.8 Å². The predicted molar refractivity (Wildman–Crippen MR) is 98.3 cm³/mol. The molecule has 2 heterocycles. The van der Waals surface area contributed by atoms with E-state index >= 15 is 0 Å². The lowest BCUT2D eigenvalue weighted by atomic mass is 9.89. The van der Waals surface area contributed by atoms with E-state index in [9.17, 15) is 9.18 Å². The van der Waals surface area contributed by atoms with E-state index in [4.69, 9.17) is 5.21 Å². The Bertz CT molecular complexity index is 629. The van der Waals surface area contributed by atoms with Crippen molar-refractivity contribution in [2.75, 3.05) is 25.0 Å². The van der Waals surface area contributed by atoms with Crippen LogP contribution in [-0.4, -0.2) is 46.7 Å². The van der Waals surface area contributed by atoms with Crippen molar-refractivity contribution in [2.24, 2.45) is 5.92 Å². The van der Waals surface area contributed by atoms with Gasteiger partial charge in [-0.1, -0.05) is 19.3 Å². The molecule has 26 heavy (non-hydrogen) atoms. The van der Waals surface area contributed by atoms with Gasteiger partial charge in [0.1, 0.15) is 5.82 Å². The Morgan fingerprint density at radius 2 is 2.12 bits per heavy atom. The average Bonchev–Trinajstić information content (AvgIpc) is 3.10. The summed E-state index contributed by atoms with van der Waals surface area (Å²) in [6.45, 7) is 3.36. The summed E-state index contributed by atoms with van der Waals surface area (Å²) in [5.74, 6) is -0.628. The predicted octanol–water partition coefficient (Wildman–Crippen LogP) is 2.96. The summed E-state index contributed by atoms with van der Waals surface area (Å²) >= 11 is 0. The Labute approximate surface area is 153 Å². The molecule has 1 amide bonds. The second-order valence-electron chi connectivity index (χ2n) is 7.30. The Morgan fingerprint density at radius 1 is 1.31 bits per heavy atom. The lowest BCUT2D eigenvalue weighted by Gasteiger charge is -2.26. The van der Waals surface area contributed by atoms with Gasteiger partial charge in [-0.3, -0.25) is 10.0 Å². The first-order chi connectivity index (χ1) is 12.6. The highest BCUT2D eigenvalue weighted by atomic mass is 19.1. The van der Waals surface area contributed by atoms with Gasteiger partial charge in [0.05, 0.1) is 0 Å². The second kappa shape index (κ2) is 9.09. The van der Waals surface area contributed by atoms with Crippen LogP contribution in [0.1, 0.15) is 44.1 Å². The summed E-state index contributed by atoms with van der Waals surface area (Å²) in [5, 5.41) is 11.8. The van der Waals surface area contributed by atoms with Crippen LogP contribution in [0.2, 0.25) is 0 Å². The fourth-order valence-corrected chi connectivity index (χ4v) is 3.90. The molecule has 2 fully saturated rings. The van der Waals surface area contributed by atoms with E-state index < -0.39 is 11.7 Å². The molecule has 7 heteroatoms. The maximum atomic E-state index is 13.4. The van der Waals surface area contributed by atoms with Gasteiger partial charge in [-0.2, -0.15) is 0 Å². The number of halogens is 1. The van der Waals surface area contributed by atoms with Crippen LogP contribution in [0.25, 0.3) is 6.08 Å². The first-order valence-electron chi connectivity index (χ1n) is 9.40. The number of hydrogen-bond acceptors (Lipinski definition) is 5. The van der Waals surface area contributed by atoms with E-state index in [1.807, 2.05) is 0 Å². The molecule has 1 aliphatic carbocycles. The summed E-state index contributed by atoms with van der Waals surface area (Å²) in [5.41, 5.74) is 1.72. The Balaban J connectivity index is 1.48. The monoisotopic (exact) mass is 362 g/mol. The SMILES string of the molecule is O=C(NO)/C(F)=C\c1ccc(N[C@@H]2CCN(CC3CCCCC3)C2)nc1. The number of nitrogens with zero attached hydrogens (tertiary/aromatic N) is 2. The van der Waals surface area contributed by atoms with Crippen molar-refractivity contribution in [3.63, 3.8) is 0 Å². The van der Waals surface area contributed by atoms with E-state index in [2.05, 4.69) is 15.2 Å². The quantitative estimate of drug-likeness (QED) is 0.412. The summed E-state index contributed by atoms with van der Waals surface area (Å²) in [7, 11) is 0. The number of pyridine rings is 1. The van der Waals surface area contributed by atoms with Crippen molar-refractivity contribution in [2.45, 2.75) is 44.6 Å². The molecule has 1 saturated carbocycles. The number of carbonyl (C=O) groups excluding carboxylic acids is 1. The van der Waals surface area contributed by atoms with Gasteiger partial charge in [0.2, 0.25) is 0 Å². The number of anilines is 1. The minimum Gasteiger partial charge on any atom is -0.366 e. The molecular formula is C19H27FN4O2. The van der Waals surface area contributed by atoms with Crippen molar-refractivity contribution in [1.29, 1.82) is 0 Å². The maximum Gasteiger partial charge on any atom is 0.303 e. The van der Waals surface area contributed by atoms with Gasteiger partial charge in [-0.05, 0) is 49.0 Å². The normalized spacial score (nSPS) is 22.4. The van der Waals surface area contributed by atoms with Crippen molar-refractivity contribution in [3.05, 3.63) is 29.7 Å². The lowest BCUT2D eigenvalue weighted by Crippen LogP contribution is -2.31. The summed E-state index contributed by atoms with van der Waals surface area (Å²) in [4.78, 5) is 17.8. The van der Waals surface area contributed by atoms with E-state index in [0.29, 0.717) is 11.6 Å². The second-order valence-corrected chi connectivity index (χ2v) is 7.30. The van der Waals surface area contributed by atoms with Gasteiger partial charge >= 0.3 is 5.91 Å². The number of nitrogens with one attached hydrogen (secondary N) is 2. The van der Waals surface area contributed by atoms with E-state index in [1.54, 1.807) is 12.1 Å². The number of carbonyl (C=O) groups is 1. The average molecular weight is 362 g/mol. The zero-order chi connectivity index (χ0) is 18.4. The van der Waals surface area contributed by atoms with Crippen LogP contribution in [0.5, 0.6) is 0 Å². The van der Waals surface area contributed by atoms with Crippen molar-refractivity contribution < 1.29 is 14.4 Å². The number of hydroxylamine groups is 1. The fraction of sp³-hybridized carbons (Fsp3) is 0.579. The van der Waals surface area contributed by atoms with Gasteiger partial charge in [0.15, 0.2) is 5.83 Å². The molecular weight excluding hydrogens is 335 g/mol. The van der Waals surface area contributed by atoms with E-state index in [1.165, 1.54) is 50.3 Å². The minimum atomic E-state index is -1.17. The van der Waals surface area contributed by atoms with Crippen molar-refractivity contribution in [1.82, 2.24) is 15.4 Å². The highest BCUT2D eigenvalue weighted by Crippen LogP contribution is 2.26. The zero-order valence-corrected chi connectivity index (χ0v) is 15.0. The molecule has 0 radical (unpaired) electrons. The molecule has 0 aromatic carbocycles. The molecule has 1 aromatic rings. The van der Waals surface area contributed by atoms with Gasteiger partial charge in [-0.25, -0.2) is 14.9 Å². The van der Waals surface area contributed by atoms with Gasteiger partial charge in [-0.15, -0.1) is 0 Å². The summed E-state index contributed by atoms with van der Waals surface area (Å²) < 4.78 is 13.4. The van der Waals surface area contributed by atoms with E-state index in [-0.39, 0.29) is 0 Å². The van der Waals surface area contributed by atoms with Gasteiger partial charge < -0.3 is 10.2 Å². The van der Waals surface area contributed by atoms with Crippen LogP contribution in [0.4, 0.5) is 10.2 Å². The molecule has 6 nitrogen and oxygen atoms in total. The van der Waals surface area contributed by atoms with Crippen LogP contribution in [-0.2, 0) is 4.79 Å². The minimum absolute atomic E-state index is 0.379. The molecule has 0 unspecified atom stereocenters. The van der Waals surface area contributed by atoms with Crippen molar-refractivity contribution in [3.8, 4) is 0 Å². The number of hydrogen-bond donors (Lipinski definition) is 3. The first kappa shape index (κ1) is 18.8. The summed E-state index contributed by atoms with van der Waals surface area (Å²) in [6, 6.07) is 3.85. The number of rotatable bonds is 6. The third-order valence-electron chi connectivity index (χ3n) is 5.26. The first-order valence-corrected chi connectivity index (χ1v) is 9.40. The molecule has 3 N–H and O–H groups in total. The zero-order valence-electron chi connectivity index (χ0n) is 15.0. The van der Waals surface area contributed by atoms with Crippen LogP contribution in [0.3, 0.4) is 0 Å². The molecule has 1 atom stereocenters. The highest BCUT2D eigenvalue weighted by molar-refractivity contribution is 5.94. The molecule has 0 bridgehead atoms.